The number of alkyl halides is 3. The van der Waals surface area contributed by atoms with Crippen molar-refractivity contribution < 1.29 is 26.7 Å². The van der Waals surface area contributed by atoms with E-state index < -0.39 is 30.5 Å². The Labute approximate surface area is 158 Å². The Bertz CT molecular complexity index is 880. The van der Waals surface area contributed by atoms with Crippen LogP contribution >= 0.6 is 0 Å². The largest absolute Gasteiger partial charge is 0.414 e. The fourth-order valence-corrected chi connectivity index (χ4v) is 2.26. The average Bonchev–Trinajstić information content (AvgIpc) is 2.59. The molecule has 0 aliphatic heterocycles. The van der Waals surface area contributed by atoms with E-state index in [0.717, 1.165) is 25.1 Å². The number of halogens is 5. The molecule has 0 bridgehead atoms. The molecule has 0 unspecified atom stereocenters. The van der Waals surface area contributed by atoms with E-state index in [4.69, 9.17) is 15.9 Å². The van der Waals surface area contributed by atoms with Crippen LogP contribution in [0.1, 0.15) is 18.1 Å². The normalized spacial score (nSPS) is 13.3. The van der Waals surface area contributed by atoms with Gasteiger partial charge < -0.3 is 15.8 Å². The molecular weight excluding hydrogens is 381 g/mol. The predicted molar refractivity (Wildman–Crippen MR) is 96.6 cm³/mol. The summed E-state index contributed by atoms with van der Waals surface area (Å²) in [6, 6.07) is 9.17. The molecule has 1 atom stereocenters. The first kappa shape index (κ1) is 21.4. The van der Waals surface area contributed by atoms with Crippen molar-refractivity contribution in [1.82, 2.24) is 0 Å². The van der Waals surface area contributed by atoms with Crippen molar-refractivity contribution in [2.75, 3.05) is 5.32 Å². The molecule has 0 aliphatic carbocycles. The number of benzene rings is 2. The van der Waals surface area contributed by atoms with Crippen LogP contribution in [0.3, 0.4) is 0 Å². The number of amidine groups is 1. The standard InChI is InChI=1S/C19H18F5N3O/c1-11(19(22,23)24)28-10-12-6-13(8-14(20)7-12)17(9-18(25)26)27-16-5-3-2-4-15(16)21/h2-9,11,27H,10H2,1H3,(H3,25,26)/b17-9-/t11-/m1/s1. The Morgan fingerprint density at radius 1 is 1.21 bits per heavy atom. The SMILES string of the molecule is C[C@@H](OCc1cc(F)cc(/C(=C/C(=N)N)Nc2ccccc2F)c1)C(F)(F)F. The van der Waals surface area contributed by atoms with Crippen molar-refractivity contribution in [1.29, 1.82) is 5.41 Å². The highest BCUT2D eigenvalue weighted by Gasteiger charge is 2.36. The van der Waals surface area contributed by atoms with Crippen LogP contribution in [0.15, 0.2) is 48.5 Å². The summed E-state index contributed by atoms with van der Waals surface area (Å²) in [4.78, 5) is 0. The van der Waals surface area contributed by atoms with Crippen LogP contribution in [0.5, 0.6) is 0 Å². The summed E-state index contributed by atoms with van der Waals surface area (Å²) in [7, 11) is 0. The fraction of sp³-hybridized carbons (Fsp3) is 0.211. The number of para-hydroxylation sites is 1. The Kier molecular flexibility index (Phi) is 6.74. The third-order valence-corrected chi connectivity index (χ3v) is 3.67. The number of ether oxygens (including phenoxy) is 1. The van der Waals surface area contributed by atoms with E-state index in [1.807, 2.05) is 0 Å². The molecule has 0 saturated carbocycles. The summed E-state index contributed by atoms with van der Waals surface area (Å²) in [5.74, 6) is -1.71. The zero-order valence-corrected chi connectivity index (χ0v) is 14.8. The number of hydrogen-bond acceptors (Lipinski definition) is 3. The lowest BCUT2D eigenvalue weighted by atomic mass is 10.1. The van der Waals surface area contributed by atoms with Gasteiger partial charge in [0.1, 0.15) is 17.5 Å². The van der Waals surface area contributed by atoms with Gasteiger partial charge in [0.05, 0.1) is 12.3 Å². The molecule has 0 fully saturated rings. The summed E-state index contributed by atoms with van der Waals surface area (Å²) < 4.78 is 70.4. The number of nitrogens with one attached hydrogen (secondary N) is 2. The van der Waals surface area contributed by atoms with Gasteiger partial charge in [-0.25, -0.2) is 8.78 Å². The maximum Gasteiger partial charge on any atom is 0.414 e. The smallest absolute Gasteiger partial charge is 0.384 e. The maximum absolute atomic E-state index is 14.0. The van der Waals surface area contributed by atoms with Gasteiger partial charge in [0.25, 0.3) is 0 Å². The molecule has 9 heteroatoms. The van der Waals surface area contributed by atoms with E-state index in [1.165, 1.54) is 24.3 Å². The lowest BCUT2D eigenvalue weighted by Crippen LogP contribution is -2.28. The molecule has 0 amide bonds. The summed E-state index contributed by atoms with van der Waals surface area (Å²) in [5, 5.41) is 10.1. The summed E-state index contributed by atoms with van der Waals surface area (Å²) >= 11 is 0. The Hall–Kier alpha value is -2.94. The molecular formula is C19H18F5N3O. The number of hydrogen-bond donors (Lipinski definition) is 3. The van der Waals surface area contributed by atoms with E-state index in [9.17, 15) is 22.0 Å². The molecule has 4 N–H and O–H groups in total. The number of anilines is 1. The van der Waals surface area contributed by atoms with Crippen molar-refractivity contribution in [3.63, 3.8) is 0 Å². The van der Waals surface area contributed by atoms with Gasteiger partial charge in [-0.1, -0.05) is 12.1 Å². The molecule has 2 aromatic rings. The quantitative estimate of drug-likeness (QED) is 0.355. The highest BCUT2D eigenvalue weighted by molar-refractivity contribution is 5.98. The molecule has 2 aromatic carbocycles. The van der Waals surface area contributed by atoms with Crippen molar-refractivity contribution in [3.05, 3.63) is 71.3 Å². The first-order valence-corrected chi connectivity index (χ1v) is 8.11. The van der Waals surface area contributed by atoms with Crippen LogP contribution in [-0.4, -0.2) is 18.1 Å². The number of rotatable bonds is 7. The third kappa shape index (κ3) is 6.05. The minimum absolute atomic E-state index is 0.0581. The fourth-order valence-electron chi connectivity index (χ4n) is 2.26. The zero-order chi connectivity index (χ0) is 20.9. The maximum atomic E-state index is 14.0. The van der Waals surface area contributed by atoms with Crippen LogP contribution in [-0.2, 0) is 11.3 Å². The Balaban J connectivity index is 2.32. The van der Waals surface area contributed by atoms with E-state index >= 15 is 0 Å². The van der Waals surface area contributed by atoms with Gasteiger partial charge >= 0.3 is 6.18 Å². The van der Waals surface area contributed by atoms with E-state index in [0.29, 0.717) is 0 Å². The van der Waals surface area contributed by atoms with Crippen LogP contribution < -0.4 is 11.1 Å². The first-order chi connectivity index (χ1) is 13.1. The van der Waals surface area contributed by atoms with Crippen molar-refractivity contribution in [2.24, 2.45) is 5.73 Å². The van der Waals surface area contributed by atoms with Gasteiger partial charge in [-0.3, -0.25) is 5.41 Å². The minimum Gasteiger partial charge on any atom is -0.384 e. The van der Waals surface area contributed by atoms with E-state index in [-0.39, 0.29) is 28.3 Å². The van der Waals surface area contributed by atoms with Crippen molar-refractivity contribution >= 4 is 17.2 Å². The van der Waals surface area contributed by atoms with Crippen LogP contribution in [0.25, 0.3) is 5.70 Å². The van der Waals surface area contributed by atoms with Gasteiger partial charge in [-0.05, 0) is 42.8 Å². The third-order valence-electron chi connectivity index (χ3n) is 3.67. The predicted octanol–water partition coefficient (Wildman–Crippen LogP) is 4.82. The first-order valence-electron chi connectivity index (χ1n) is 8.11. The Morgan fingerprint density at radius 3 is 2.50 bits per heavy atom. The highest BCUT2D eigenvalue weighted by atomic mass is 19.4. The molecule has 0 saturated heterocycles. The second kappa shape index (κ2) is 8.83. The lowest BCUT2D eigenvalue weighted by Gasteiger charge is -2.17. The Morgan fingerprint density at radius 2 is 1.89 bits per heavy atom. The van der Waals surface area contributed by atoms with Gasteiger partial charge in [0.2, 0.25) is 0 Å². The molecule has 28 heavy (non-hydrogen) atoms. The molecule has 0 heterocycles. The zero-order valence-electron chi connectivity index (χ0n) is 14.8. The second-order valence-electron chi connectivity index (χ2n) is 5.96. The monoisotopic (exact) mass is 399 g/mol. The van der Waals surface area contributed by atoms with Crippen LogP contribution in [0, 0.1) is 17.0 Å². The van der Waals surface area contributed by atoms with Crippen LogP contribution in [0.4, 0.5) is 27.6 Å². The van der Waals surface area contributed by atoms with Crippen molar-refractivity contribution in [2.45, 2.75) is 25.8 Å². The van der Waals surface area contributed by atoms with Crippen molar-refractivity contribution in [3.8, 4) is 0 Å². The summed E-state index contributed by atoms with van der Waals surface area (Å²) in [5.41, 5.74) is 5.83. The molecule has 0 aliphatic rings. The molecule has 4 nitrogen and oxygen atoms in total. The lowest BCUT2D eigenvalue weighted by molar-refractivity contribution is -0.217. The highest BCUT2D eigenvalue weighted by Crippen LogP contribution is 2.26. The minimum atomic E-state index is -4.54. The second-order valence-corrected chi connectivity index (χ2v) is 5.96. The molecule has 2 rings (SSSR count). The molecule has 150 valence electrons. The topological polar surface area (TPSA) is 71.1 Å². The summed E-state index contributed by atoms with van der Waals surface area (Å²) in [6.45, 7) is 0.361. The van der Waals surface area contributed by atoms with E-state index in [2.05, 4.69) is 5.32 Å². The van der Waals surface area contributed by atoms with Gasteiger partial charge in [-0.15, -0.1) is 0 Å². The molecule has 0 radical (unpaired) electrons. The molecule has 0 aromatic heterocycles. The molecule has 0 spiro atoms. The van der Waals surface area contributed by atoms with Gasteiger partial charge in [0.15, 0.2) is 6.10 Å². The van der Waals surface area contributed by atoms with E-state index in [1.54, 1.807) is 6.07 Å². The summed E-state index contributed by atoms with van der Waals surface area (Å²) in [6.07, 6.45) is -5.42. The van der Waals surface area contributed by atoms with Gasteiger partial charge in [0, 0.05) is 17.3 Å². The average molecular weight is 399 g/mol. The van der Waals surface area contributed by atoms with Crippen LogP contribution in [0.2, 0.25) is 0 Å². The number of nitrogens with two attached hydrogens (primary N) is 1. The van der Waals surface area contributed by atoms with Gasteiger partial charge in [-0.2, -0.15) is 13.2 Å².